The number of pyridine rings is 1. The second kappa shape index (κ2) is 14.8. The molecule has 0 bridgehead atoms. The number of nitrogens with one attached hydrogen (secondary N) is 1. The van der Waals surface area contributed by atoms with Crippen molar-refractivity contribution in [3.63, 3.8) is 0 Å². The van der Waals surface area contributed by atoms with E-state index in [2.05, 4.69) is 41.2 Å². The standard InChI is InChI=1S/C32H41N3O5/c1-23-27(28-10-4-12-31(24(28)2)40-19-7-16-35-17-13-26(36)22-35)9-3-11-30(23)39-18-6-15-34-29(32(37)38)20-25-8-5-14-33-21-25/h3-5,8-12,14,21,26,29,34,36H,6-7,13,15-20,22H2,1-2H3,(H,37,38)/t26-,29+/m1/s1. The summed E-state index contributed by atoms with van der Waals surface area (Å²) in [6.45, 7) is 8.46. The lowest BCUT2D eigenvalue weighted by molar-refractivity contribution is -0.139. The molecule has 40 heavy (non-hydrogen) atoms. The summed E-state index contributed by atoms with van der Waals surface area (Å²) < 4.78 is 12.3. The number of hydrogen-bond donors (Lipinski definition) is 3. The molecule has 8 nitrogen and oxygen atoms in total. The first-order valence-electron chi connectivity index (χ1n) is 14.1. The van der Waals surface area contributed by atoms with Crippen LogP contribution in [0.5, 0.6) is 11.5 Å². The summed E-state index contributed by atoms with van der Waals surface area (Å²) in [5.74, 6) is 0.831. The van der Waals surface area contributed by atoms with Crippen molar-refractivity contribution in [3.05, 3.63) is 77.6 Å². The van der Waals surface area contributed by atoms with Crippen LogP contribution < -0.4 is 14.8 Å². The van der Waals surface area contributed by atoms with Crippen LogP contribution in [0.4, 0.5) is 0 Å². The van der Waals surface area contributed by atoms with Crippen LogP contribution in [-0.2, 0) is 11.2 Å². The smallest absolute Gasteiger partial charge is 0.321 e. The van der Waals surface area contributed by atoms with Gasteiger partial charge in [-0.1, -0.05) is 30.3 Å². The number of carboxylic acid groups (broad SMARTS) is 1. The van der Waals surface area contributed by atoms with Crippen molar-refractivity contribution < 1.29 is 24.5 Å². The van der Waals surface area contributed by atoms with Crippen molar-refractivity contribution in [2.45, 2.75) is 51.7 Å². The SMILES string of the molecule is Cc1c(OCCCN[C@@H](Cc2cccnc2)C(=O)O)cccc1-c1cccc(OCCCN2CC[C@@H](O)C2)c1C. The summed E-state index contributed by atoms with van der Waals surface area (Å²) in [7, 11) is 0. The molecule has 0 spiro atoms. The van der Waals surface area contributed by atoms with Crippen molar-refractivity contribution in [1.82, 2.24) is 15.2 Å². The van der Waals surface area contributed by atoms with E-state index >= 15 is 0 Å². The minimum atomic E-state index is -0.874. The maximum atomic E-state index is 11.7. The molecule has 0 saturated carbocycles. The van der Waals surface area contributed by atoms with Crippen LogP contribution in [0.3, 0.4) is 0 Å². The third-order valence-electron chi connectivity index (χ3n) is 7.41. The molecule has 8 heteroatoms. The average molecular weight is 548 g/mol. The number of carboxylic acids is 1. The zero-order valence-electron chi connectivity index (χ0n) is 23.5. The van der Waals surface area contributed by atoms with Crippen molar-refractivity contribution in [2.24, 2.45) is 0 Å². The van der Waals surface area contributed by atoms with E-state index < -0.39 is 12.0 Å². The quantitative estimate of drug-likeness (QED) is 0.243. The predicted molar refractivity (Wildman–Crippen MR) is 156 cm³/mol. The number of aliphatic carboxylic acids is 1. The Labute approximate surface area is 237 Å². The Morgan fingerprint density at radius 2 is 1.70 bits per heavy atom. The Kier molecular flexibility index (Phi) is 10.9. The molecule has 3 aromatic rings. The lowest BCUT2D eigenvalue weighted by atomic mass is 9.95. The third kappa shape index (κ3) is 8.27. The van der Waals surface area contributed by atoms with Gasteiger partial charge in [-0.2, -0.15) is 0 Å². The molecule has 0 aliphatic carbocycles. The van der Waals surface area contributed by atoms with Crippen LogP contribution in [0.1, 0.15) is 36.0 Å². The van der Waals surface area contributed by atoms with Crippen molar-refractivity contribution in [3.8, 4) is 22.6 Å². The van der Waals surface area contributed by atoms with Crippen LogP contribution in [0.25, 0.3) is 11.1 Å². The van der Waals surface area contributed by atoms with E-state index in [-0.39, 0.29) is 6.10 Å². The van der Waals surface area contributed by atoms with E-state index in [4.69, 9.17) is 9.47 Å². The van der Waals surface area contributed by atoms with Crippen molar-refractivity contribution >= 4 is 5.97 Å². The molecule has 214 valence electrons. The van der Waals surface area contributed by atoms with Crippen LogP contribution >= 0.6 is 0 Å². The molecule has 2 aromatic carbocycles. The summed E-state index contributed by atoms with van der Waals surface area (Å²) in [4.78, 5) is 18.0. The topological polar surface area (TPSA) is 104 Å². The maximum Gasteiger partial charge on any atom is 0.321 e. The van der Waals surface area contributed by atoms with Crippen LogP contribution in [-0.4, -0.2) is 77.6 Å². The van der Waals surface area contributed by atoms with Gasteiger partial charge in [0.25, 0.3) is 0 Å². The second-order valence-electron chi connectivity index (χ2n) is 10.4. The molecule has 2 atom stereocenters. The monoisotopic (exact) mass is 547 g/mol. The highest BCUT2D eigenvalue weighted by atomic mass is 16.5. The van der Waals surface area contributed by atoms with Gasteiger partial charge < -0.3 is 29.9 Å². The largest absolute Gasteiger partial charge is 0.493 e. The Morgan fingerprint density at radius 3 is 2.27 bits per heavy atom. The highest BCUT2D eigenvalue weighted by Gasteiger charge is 2.20. The number of aliphatic hydroxyl groups excluding tert-OH is 1. The summed E-state index contributed by atoms with van der Waals surface area (Å²) in [6.07, 6.45) is 6.03. The van der Waals surface area contributed by atoms with Gasteiger partial charge in [-0.3, -0.25) is 9.78 Å². The molecule has 3 N–H and O–H groups in total. The molecule has 1 saturated heterocycles. The Morgan fingerprint density at radius 1 is 1.02 bits per heavy atom. The third-order valence-corrected chi connectivity index (χ3v) is 7.41. The number of likely N-dealkylation sites (tertiary alicyclic amines) is 1. The van der Waals surface area contributed by atoms with Crippen LogP contribution in [0.2, 0.25) is 0 Å². The number of carbonyl (C=O) groups is 1. The fourth-order valence-corrected chi connectivity index (χ4v) is 5.14. The van der Waals surface area contributed by atoms with Gasteiger partial charge in [0.15, 0.2) is 0 Å². The molecule has 0 amide bonds. The maximum absolute atomic E-state index is 11.7. The molecular weight excluding hydrogens is 506 g/mol. The first-order valence-corrected chi connectivity index (χ1v) is 14.1. The molecule has 0 unspecified atom stereocenters. The summed E-state index contributed by atoms with van der Waals surface area (Å²) in [5.41, 5.74) is 5.26. The van der Waals surface area contributed by atoms with Crippen molar-refractivity contribution in [1.29, 1.82) is 0 Å². The molecule has 2 heterocycles. The molecule has 4 rings (SSSR count). The fourth-order valence-electron chi connectivity index (χ4n) is 5.14. The molecular formula is C32H41N3O5. The lowest BCUT2D eigenvalue weighted by Gasteiger charge is -2.18. The zero-order valence-corrected chi connectivity index (χ0v) is 23.5. The second-order valence-corrected chi connectivity index (χ2v) is 10.4. The van der Waals surface area contributed by atoms with Crippen LogP contribution in [0.15, 0.2) is 60.9 Å². The summed E-state index contributed by atoms with van der Waals surface area (Å²) in [6, 6.07) is 15.3. The number of benzene rings is 2. The highest BCUT2D eigenvalue weighted by Crippen LogP contribution is 2.35. The van der Waals surface area contributed by atoms with Gasteiger partial charge in [0.05, 0.1) is 19.3 Å². The van der Waals surface area contributed by atoms with E-state index in [1.807, 2.05) is 36.4 Å². The first kappa shape index (κ1) is 29.5. The van der Waals surface area contributed by atoms with E-state index in [0.717, 1.165) is 71.8 Å². The number of aliphatic hydroxyl groups is 1. The molecule has 1 aliphatic rings. The number of rotatable bonds is 15. The zero-order chi connectivity index (χ0) is 28.3. The Balaban J connectivity index is 1.28. The van der Waals surface area contributed by atoms with Gasteiger partial charge in [-0.15, -0.1) is 0 Å². The van der Waals surface area contributed by atoms with Gasteiger partial charge >= 0.3 is 5.97 Å². The van der Waals surface area contributed by atoms with Gasteiger partial charge in [-0.25, -0.2) is 0 Å². The highest BCUT2D eigenvalue weighted by molar-refractivity contribution is 5.74. The molecule has 1 aromatic heterocycles. The number of ether oxygens (including phenoxy) is 2. The first-order chi connectivity index (χ1) is 19.4. The van der Waals surface area contributed by atoms with E-state index in [0.29, 0.717) is 32.6 Å². The molecule has 0 radical (unpaired) electrons. The lowest BCUT2D eigenvalue weighted by Crippen LogP contribution is -2.39. The number of β-amino-alcohol motifs (C(OH)–C–C–N with tert-alkyl or cyclic N) is 1. The molecule has 1 aliphatic heterocycles. The van der Waals surface area contributed by atoms with E-state index in [1.165, 1.54) is 0 Å². The van der Waals surface area contributed by atoms with Gasteiger partial charge in [0.2, 0.25) is 0 Å². The van der Waals surface area contributed by atoms with Gasteiger partial charge in [-0.05, 0) is 92.1 Å². The summed E-state index contributed by atoms with van der Waals surface area (Å²) in [5, 5.41) is 22.4. The van der Waals surface area contributed by atoms with Crippen molar-refractivity contribution in [2.75, 3.05) is 39.4 Å². The summed E-state index contributed by atoms with van der Waals surface area (Å²) >= 11 is 0. The van der Waals surface area contributed by atoms with Gasteiger partial charge in [0, 0.05) is 32.0 Å². The molecule has 1 fully saturated rings. The number of hydrogen-bond acceptors (Lipinski definition) is 7. The van der Waals surface area contributed by atoms with Gasteiger partial charge in [0.1, 0.15) is 17.5 Å². The minimum absolute atomic E-state index is 0.188. The normalized spacial score (nSPS) is 16.1. The number of aromatic nitrogens is 1. The predicted octanol–water partition coefficient (Wildman–Crippen LogP) is 4.26. The fraction of sp³-hybridized carbons (Fsp3) is 0.438. The Hall–Kier alpha value is -3.46. The van der Waals surface area contributed by atoms with E-state index in [1.54, 1.807) is 12.4 Å². The minimum Gasteiger partial charge on any atom is -0.493 e. The number of nitrogens with zero attached hydrogens (tertiary/aromatic N) is 2. The Bertz CT molecular complexity index is 1240. The average Bonchev–Trinajstić information content (AvgIpc) is 3.37. The van der Waals surface area contributed by atoms with E-state index in [9.17, 15) is 15.0 Å². The van der Waals surface area contributed by atoms with Crippen LogP contribution in [0, 0.1) is 13.8 Å².